The second-order valence-electron chi connectivity index (χ2n) is 0. The zero-order chi connectivity index (χ0) is 14.0. The van der Waals surface area contributed by atoms with E-state index in [9.17, 15) is 0 Å². The molecule has 0 unspecified atom stereocenters. The average molecular weight is 364 g/mol. The van der Waals surface area contributed by atoms with Gasteiger partial charge in [-0.05, 0) is 0 Å². The SMILES string of the molecule is [C-]#N.[C-]#N.[C-]#N.[C-]#N.[C-]#N.[C-]#N.[Fe]=[Eu]. The number of hydrogen-bond acceptors (Lipinski definition) is 6. The molecule has 0 aliphatic rings. The zero-order valence-corrected chi connectivity index (χ0v) is 9.94. The Morgan fingerprint density at radius 1 is 0.429 bits per heavy atom. The van der Waals surface area contributed by atoms with E-state index in [-0.39, 0.29) is 0 Å². The summed E-state index contributed by atoms with van der Waals surface area (Å²) in [6, 6.07) is 0. The van der Waals surface area contributed by atoms with Crippen LogP contribution in [0, 0.1) is 114 Å². The Morgan fingerprint density at radius 3 is 0.429 bits per heavy atom. The van der Waals surface area contributed by atoms with E-state index in [1.165, 1.54) is 42.8 Å². The van der Waals surface area contributed by atoms with Gasteiger partial charge >= 0.3 is 49.3 Å². The van der Waals surface area contributed by atoms with Crippen molar-refractivity contribution in [3.63, 3.8) is 0 Å². The molecule has 0 bridgehead atoms. The van der Waals surface area contributed by atoms with Crippen LogP contribution in [-0.2, 0) is 6.49 Å². The van der Waals surface area contributed by atoms with Gasteiger partial charge in [0.2, 0.25) is 0 Å². The van der Waals surface area contributed by atoms with Crippen LogP contribution in [-0.4, -0.2) is 0 Å². The molecule has 0 rings (SSSR count). The molecule has 6 nitrogen and oxygen atoms in total. The van der Waals surface area contributed by atoms with E-state index in [1.807, 2.05) is 0 Å². The second-order valence-corrected chi connectivity index (χ2v) is 0. The molecule has 0 radical (unpaired) electrons. The molecule has 0 amide bonds. The summed E-state index contributed by atoms with van der Waals surface area (Å²) in [6.07, 6.45) is 0. The summed E-state index contributed by atoms with van der Waals surface area (Å²) in [4.78, 5) is 0. The Balaban J connectivity index is -0.00000000817. The van der Waals surface area contributed by atoms with Gasteiger partial charge in [-0.3, -0.25) is 0 Å². The van der Waals surface area contributed by atoms with Crippen molar-refractivity contribution in [3.05, 3.63) is 39.4 Å². The average Bonchev–Trinajstić information content (AvgIpc) is 2.45. The van der Waals surface area contributed by atoms with E-state index in [0.717, 1.165) is 0 Å². The molecule has 0 fully saturated rings. The summed E-state index contributed by atoms with van der Waals surface area (Å²) < 4.78 is 0. The first-order chi connectivity index (χ1) is 7.00. The fourth-order valence-electron chi connectivity index (χ4n) is 0. The molecule has 14 heavy (non-hydrogen) atoms. The molecule has 75 valence electrons. The van der Waals surface area contributed by atoms with Crippen molar-refractivity contribution in [2.24, 2.45) is 0 Å². The standard InChI is InChI=1S/6CN.Eu.Fe/c6*1-2;;/q6*-1;;. The Morgan fingerprint density at radius 2 is 0.429 bits per heavy atom. The topological polar surface area (TPSA) is 143 Å². The van der Waals surface area contributed by atoms with Crippen molar-refractivity contribution >= 4 is 0 Å². The molecule has 0 aromatic carbocycles. The minimum atomic E-state index is 1.47. The molecule has 0 atom stereocenters. The molecular formula is C6EuFeN6-6. The minimum absolute atomic E-state index is 1.47. The molecule has 0 N–H and O–H groups in total. The van der Waals surface area contributed by atoms with Crippen molar-refractivity contribution in [2.45, 2.75) is 0 Å². The number of rotatable bonds is 0. The van der Waals surface area contributed by atoms with Gasteiger partial charge in [0.05, 0.1) is 0 Å². The zero-order valence-electron chi connectivity index (χ0n) is 6.41. The van der Waals surface area contributed by atoms with Crippen LogP contribution in [0.3, 0.4) is 0 Å². The maximum absolute atomic E-state index is 6.25. The first-order valence-corrected chi connectivity index (χ1v) is 5.43. The van der Waals surface area contributed by atoms with Crippen LogP contribution >= 0.6 is 0 Å². The van der Waals surface area contributed by atoms with E-state index < -0.39 is 0 Å². The maximum atomic E-state index is 6.25. The Kier molecular flexibility index (Phi) is 5950. The summed E-state index contributed by atoms with van der Waals surface area (Å²) in [7, 11) is 0. The third kappa shape index (κ3) is 1220. The van der Waals surface area contributed by atoms with Crippen molar-refractivity contribution in [1.82, 2.24) is 0 Å². The number of nitrogens with zero attached hydrogens (tertiary/aromatic N) is 6. The summed E-state index contributed by atoms with van der Waals surface area (Å²) in [5.74, 6) is 0. The molecule has 0 saturated carbocycles. The molecule has 0 aromatic rings. The van der Waals surface area contributed by atoms with Crippen LogP contribution in [0.5, 0.6) is 0 Å². The molecule has 0 aromatic heterocycles. The van der Waals surface area contributed by atoms with Gasteiger partial charge < -0.3 is 71.0 Å². The van der Waals surface area contributed by atoms with Crippen LogP contribution in [0.2, 0.25) is 0 Å². The summed E-state index contributed by atoms with van der Waals surface area (Å²) in [5, 5.41) is 37.5. The van der Waals surface area contributed by atoms with Gasteiger partial charge in [0, 0.05) is 0 Å². The predicted octanol–water partition coefficient (Wildman–Crippen LogP) is 0.576. The van der Waals surface area contributed by atoms with Crippen molar-refractivity contribution in [2.75, 3.05) is 0 Å². The predicted molar refractivity (Wildman–Crippen MR) is 29.8 cm³/mol. The van der Waals surface area contributed by atoms with E-state index in [4.69, 9.17) is 71.0 Å². The Labute approximate surface area is 118 Å². The monoisotopic (exact) mass is 365 g/mol. The van der Waals surface area contributed by atoms with E-state index in [0.29, 0.717) is 0 Å². The third-order valence-corrected chi connectivity index (χ3v) is 0. The number of hydrogen-bond donors (Lipinski definition) is 0. The van der Waals surface area contributed by atoms with Gasteiger partial charge in [0.25, 0.3) is 0 Å². The van der Waals surface area contributed by atoms with Gasteiger partial charge in [-0.2, -0.15) is 0 Å². The molecule has 0 aliphatic carbocycles. The van der Waals surface area contributed by atoms with Crippen molar-refractivity contribution in [1.29, 1.82) is 31.6 Å². The van der Waals surface area contributed by atoms with Crippen molar-refractivity contribution in [3.8, 4) is 0 Å². The Hall–Kier alpha value is -0.956. The third-order valence-electron chi connectivity index (χ3n) is 0. The fraction of sp³-hybridized carbons (Fsp3) is 0. The molecule has 0 spiro atoms. The quantitative estimate of drug-likeness (QED) is 0.454. The first kappa shape index (κ1) is 51.8. The molecule has 0 saturated heterocycles. The Bertz CT molecular complexity index is 109. The second kappa shape index (κ2) is 1610. The van der Waals surface area contributed by atoms with Crippen LogP contribution in [0.4, 0.5) is 0 Å². The normalized spacial score (nSPS) is 1.21. The van der Waals surface area contributed by atoms with Crippen LogP contribution < -0.4 is 0 Å². The van der Waals surface area contributed by atoms with Crippen LogP contribution in [0.1, 0.15) is 0 Å². The summed E-state index contributed by atoms with van der Waals surface area (Å²) in [5.41, 5.74) is 0. The van der Waals surface area contributed by atoms with Gasteiger partial charge in [0.15, 0.2) is 0 Å². The van der Waals surface area contributed by atoms with E-state index in [2.05, 4.69) is 6.49 Å². The fourth-order valence-corrected chi connectivity index (χ4v) is 0. The van der Waals surface area contributed by atoms with Crippen LogP contribution in [0.25, 0.3) is 0 Å². The van der Waals surface area contributed by atoms with Gasteiger partial charge in [-0.15, -0.1) is 0 Å². The first-order valence-electron chi connectivity index (χ1n) is 1.48. The van der Waals surface area contributed by atoms with Crippen LogP contribution in [0.15, 0.2) is 0 Å². The molecule has 8 heteroatoms. The van der Waals surface area contributed by atoms with Gasteiger partial charge in [-0.1, -0.05) is 0 Å². The van der Waals surface area contributed by atoms with E-state index in [1.54, 1.807) is 0 Å². The van der Waals surface area contributed by atoms with Gasteiger partial charge in [-0.25, -0.2) is 0 Å². The van der Waals surface area contributed by atoms with Crippen molar-refractivity contribution < 1.29 is 49.3 Å². The molecular weight excluding hydrogens is 364 g/mol. The summed E-state index contributed by atoms with van der Waals surface area (Å²) in [6.45, 7) is 31.8. The summed E-state index contributed by atoms with van der Waals surface area (Å²) >= 11 is 1.47. The van der Waals surface area contributed by atoms with E-state index >= 15 is 0 Å². The molecule has 0 aliphatic heterocycles. The van der Waals surface area contributed by atoms with Gasteiger partial charge in [0.1, 0.15) is 0 Å². The molecule has 0 heterocycles.